The Bertz CT molecular complexity index is 651. The van der Waals surface area contributed by atoms with Crippen LogP contribution in [0, 0.1) is 13.8 Å². The van der Waals surface area contributed by atoms with Gasteiger partial charge in [0.2, 0.25) is 0 Å². The number of ether oxygens (including phenoxy) is 1. The molecule has 0 radical (unpaired) electrons. The van der Waals surface area contributed by atoms with E-state index in [0.29, 0.717) is 6.04 Å². The van der Waals surface area contributed by atoms with Crippen LogP contribution in [0.25, 0.3) is 11.1 Å². The molecule has 1 unspecified atom stereocenters. The first-order valence-corrected chi connectivity index (χ1v) is 10.9. The first-order valence-electron chi connectivity index (χ1n) is 10.1. The summed E-state index contributed by atoms with van der Waals surface area (Å²) in [5, 5.41) is 4.06. The minimum absolute atomic E-state index is 0.516. The number of benzene rings is 1. The summed E-state index contributed by atoms with van der Waals surface area (Å²) in [6, 6.07) is 6.74. The molecule has 1 aromatic carbocycles. The highest BCUT2D eigenvalue weighted by Gasteiger charge is 2.15. The van der Waals surface area contributed by atoms with Gasteiger partial charge in [-0.25, -0.2) is 0 Å². The highest BCUT2D eigenvalue weighted by Crippen LogP contribution is 2.35. The second-order valence-electron chi connectivity index (χ2n) is 6.74. The number of aromatic nitrogens is 1. The number of nitrogens with zero attached hydrogens (tertiary/aromatic N) is 1. The van der Waals surface area contributed by atoms with Crippen molar-refractivity contribution in [2.45, 2.75) is 84.6 Å². The lowest BCUT2D eigenvalue weighted by atomic mass is 10.0. The van der Waals surface area contributed by atoms with Crippen LogP contribution in [0.15, 0.2) is 27.6 Å². The Morgan fingerprint density at radius 3 is 2.41 bits per heavy atom. The lowest BCUT2D eigenvalue weighted by Crippen LogP contribution is -2.21. The molecule has 1 N–H and O–H groups in total. The molecule has 1 heterocycles. The SMILES string of the molecule is CCC.CCCCC(CC)NSc1cc(-c2c(C)noc2C)ccc1OC. The molecule has 0 aliphatic heterocycles. The van der Waals surface area contributed by atoms with E-state index in [9.17, 15) is 0 Å². The molecule has 0 spiro atoms. The lowest BCUT2D eigenvalue weighted by molar-refractivity contribution is 0.393. The van der Waals surface area contributed by atoms with Crippen LogP contribution < -0.4 is 9.46 Å². The van der Waals surface area contributed by atoms with Crippen molar-refractivity contribution in [2.75, 3.05) is 7.11 Å². The van der Waals surface area contributed by atoms with Gasteiger partial charge in [0.25, 0.3) is 0 Å². The fraction of sp³-hybridized carbons (Fsp3) is 0.591. The molecule has 152 valence electrons. The van der Waals surface area contributed by atoms with Crippen molar-refractivity contribution in [3.8, 4) is 16.9 Å². The second-order valence-corrected chi connectivity index (χ2v) is 7.62. The van der Waals surface area contributed by atoms with Crippen molar-refractivity contribution in [3.05, 3.63) is 29.7 Å². The van der Waals surface area contributed by atoms with Crippen molar-refractivity contribution in [1.82, 2.24) is 9.88 Å². The molecule has 0 bridgehead atoms. The smallest absolute Gasteiger partial charge is 0.141 e. The van der Waals surface area contributed by atoms with Gasteiger partial charge in [0.05, 0.1) is 17.7 Å². The third-order valence-corrected chi connectivity index (χ3v) is 5.21. The Kier molecular flexibility index (Phi) is 11.2. The summed E-state index contributed by atoms with van der Waals surface area (Å²) in [5.74, 6) is 1.73. The van der Waals surface area contributed by atoms with Crippen LogP contribution >= 0.6 is 11.9 Å². The Balaban J connectivity index is 0.00000114. The molecule has 1 aromatic heterocycles. The molecule has 0 amide bonds. The third-order valence-electron chi connectivity index (χ3n) is 4.22. The van der Waals surface area contributed by atoms with E-state index in [1.54, 1.807) is 19.1 Å². The quantitative estimate of drug-likeness (QED) is 0.468. The van der Waals surface area contributed by atoms with E-state index in [0.717, 1.165) is 39.6 Å². The number of nitrogens with one attached hydrogen (secondary N) is 1. The number of hydrogen-bond donors (Lipinski definition) is 1. The summed E-state index contributed by atoms with van der Waals surface area (Å²) in [7, 11) is 1.71. The lowest BCUT2D eigenvalue weighted by Gasteiger charge is -2.17. The van der Waals surface area contributed by atoms with E-state index >= 15 is 0 Å². The van der Waals surface area contributed by atoms with Gasteiger partial charge in [-0.15, -0.1) is 0 Å². The summed E-state index contributed by atoms with van der Waals surface area (Å²) in [6.07, 6.45) is 6.06. The Morgan fingerprint density at radius 1 is 1.19 bits per heavy atom. The Hall–Kier alpha value is -1.46. The standard InChI is InChI=1S/C19H28N2O2S.C3H8/c1-6-8-9-16(7-2)21-24-18-12-15(10-11-17(18)22-5)19-13(3)20-23-14(19)4;1-3-2/h10-12,16,21H,6-9H2,1-5H3;3H2,1-2H3. The van der Waals surface area contributed by atoms with Gasteiger partial charge in [0.1, 0.15) is 11.5 Å². The number of rotatable bonds is 9. The van der Waals surface area contributed by atoms with Crippen LogP contribution in [-0.2, 0) is 0 Å². The molecule has 2 aromatic rings. The molecule has 0 aliphatic rings. The average molecular weight is 393 g/mol. The zero-order chi connectivity index (χ0) is 20.2. The van der Waals surface area contributed by atoms with E-state index in [4.69, 9.17) is 9.26 Å². The van der Waals surface area contributed by atoms with Crippen LogP contribution in [0.2, 0.25) is 0 Å². The number of methoxy groups -OCH3 is 1. The largest absolute Gasteiger partial charge is 0.496 e. The molecule has 4 nitrogen and oxygen atoms in total. The summed E-state index contributed by atoms with van der Waals surface area (Å²) in [4.78, 5) is 1.09. The molecule has 0 fully saturated rings. The van der Waals surface area contributed by atoms with Gasteiger partial charge < -0.3 is 9.26 Å². The first-order chi connectivity index (χ1) is 13.0. The maximum absolute atomic E-state index is 5.53. The summed E-state index contributed by atoms with van der Waals surface area (Å²) in [6.45, 7) is 12.6. The van der Waals surface area contributed by atoms with Gasteiger partial charge >= 0.3 is 0 Å². The van der Waals surface area contributed by atoms with Crippen molar-refractivity contribution in [1.29, 1.82) is 0 Å². The second kappa shape index (κ2) is 12.8. The zero-order valence-electron chi connectivity index (χ0n) is 18.0. The zero-order valence-corrected chi connectivity index (χ0v) is 18.8. The van der Waals surface area contributed by atoms with Crippen molar-refractivity contribution in [3.63, 3.8) is 0 Å². The molecule has 1 atom stereocenters. The number of aryl methyl sites for hydroxylation is 2. The summed E-state index contributed by atoms with van der Waals surface area (Å²) in [5.41, 5.74) is 3.09. The predicted octanol–water partition coefficient (Wildman–Crippen LogP) is 6.95. The normalized spacial score (nSPS) is 11.7. The molecule has 0 saturated carbocycles. The van der Waals surface area contributed by atoms with Gasteiger partial charge in [0.15, 0.2) is 0 Å². The first kappa shape index (κ1) is 23.6. The predicted molar refractivity (Wildman–Crippen MR) is 117 cm³/mol. The maximum atomic E-state index is 5.53. The number of hydrogen-bond acceptors (Lipinski definition) is 5. The van der Waals surface area contributed by atoms with Gasteiger partial charge in [-0.05, 0) is 56.3 Å². The Morgan fingerprint density at radius 2 is 1.89 bits per heavy atom. The van der Waals surface area contributed by atoms with Crippen molar-refractivity contribution < 1.29 is 9.26 Å². The van der Waals surface area contributed by atoms with Gasteiger partial charge in [-0.2, -0.15) is 0 Å². The summed E-state index contributed by atoms with van der Waals surface area (Å²) < 4.78 is 14.4. The number of unbranched alkanes of at least 4 members (excludes halogenated alkanes) is 1. The third kappa shape index (κ3) is 7.23. The molecule has 27 heavy (non-hydrogen) atoms. The van der Waals surface area contributed by atoms with E-state index in [1.165, 1.54) is 25.7 Å². The molecule has 0 saturated heterocycles. The van der Waals surface area contributed by atoms with Gasteiger partial charge in [-0.1, -0.05) is 58.2 Å². The van der Waals surface area contributed by atoms with Crippen LogP contribution in [0.5, 0.6) is 5.75 Å². The monoisotopic (exact) mass is 392 g/mol. The molecule has 0 aliphatic carbocycles. The minimum Gasteiger partial charge on any atom is -0.496 e. The molecular weight excluding hydrogens is 356 g/mol. The summed E-state index contributed by atoms with van der Waals surface area (Å²) >= 11 is 1.65. The fourth-order valence-corrected chi connectivity index (χ4v) is 3.77. The average Bonchev–Trinajstić information content (AvgIpc) is 3.00. The van der Waals surface area contributed by atoms with Crippen LogP contribution in [-0.4, -0.2) is 18.3 Å². The van der Waals surface area contributed by atoms with E-state index < -0.39 is 0 Å². The van der Waals surface area contributed by atoms with Gasteiger partial charge in [-0.3, -0.25) is 4.72 Å². The highest BCUT2D eigenvalue weighted by molar-refractivity contribution is 7.97. The maximum Gasteiger partial charge on any atom is 0.141 e. The van der Waals surface area contributed by atoms with Crippen molar-refractivity contribution >= 4 is 11.9 Å². The highest BCUT2D eigenvalue weighted by atomic mass is 32.2. The molecular formula is C22H36N2O2S. The van der Waals surface area contributed by atoms with Crippen LogP contribution in [0.4, 0.5) is 0 Å². The van der Waals surface area contributed by atoms with Gasteiger partial charge in [0, 0.05) is 11.6 Å². The molecule has 5 heteroatoms. The van der Waals surface area contributed by atoms with Crippen LogP contribution in [0.3, 0.4) is 0 Å². The molecule has 2 rings (SSSR count). The fourth-order valence-electron chi connectivity index (χ4n) is 2.75. The van der Waals surface area contributed by atoms with E-state index in [-0.39, 0.29) is 0 Å². The van der Waals surface area contributed by atoms with E-state index in [2.05, 4.69) is 49.7 Å². The Labute approximate surface area is 169 Å². The van der Waals surface area contributed by atoms with Crippen LogP contribution in [0.1, 0.15) is 71.3 Å². The minimum atomic E-state index is 0.516. The van der Waals surface area contributed by atoms with E-state index in [1.807, 2.05) is 19.9 Å². The topological polar surface area (TPSA) is 47.3 Å². The van der Waals surface area contributed by atoms with Crippen molar-refractivity contribution in [2.24, 2.45) is 0 Å².